The van der Waals surface area contributed by atoms with Crippen molar-refractivity contribution in [1.29, 1.82) is 0 Å². The molecule has 7 nitrogen and oxygen atoms in total. The highest BCUT2D eigenvalue weighted by Gasteiger charge is 2.30. The Bertz CT molecular complexity index is 1320. The van der Waals surface area contributed by atoms with Gasteiger partial charge in [-0.15, -0.1) is 0 Å². The molecule has 1 aliphatic rings. The maximum Gasteiger partial charge on any atom is 0.255 e. The largest absolute Gasteiger partial charge is 0.378 e. The number of hydrogen-bond donors (Lipinski definition) is 3. The molecule has 0 saturated carbocycles. The van der Waals surface area contributed by atoms with E-state index in [1.807, 2.05) is 80.5 Å². The van der Waals surface area contributed by atoms with Crippen LogP contribution in [0.3, 0.4) is 0 Å². The van der Waals surface area contributed by atoms with Crippen LogP contribution in [0.15, 0.2) is 95.1 Å². The summed E-state index contributed by atoms with van der Waals surface area (Å²) in [5.74, 6) is -0.247. The van der Waals surface area contributed by atoms with Crippen molar-refractivity contribution in [2.45, 2.75) is 13.0 Å². The van der Waals surface area contributed by atoms with Crippen LogP contribution in [0, 0.1) is 0 Å². The summed E-state index contributed by atoms with van der Waals surface area (Å²) >= 11 is 7.20. The predicted molar refractivity (Wildman–Crippen MR) is 154 cm³/mol. The van der Waals surface area contributed by atoms with Crippen LogP contribution in [0.5, 0.6) is 0 Å². The Hall–Kier alpha value is -3.75. The normalized spacial score (nSPS) is 14.9. The Labute approximate surface area is 226 Å². The number of benzene rings is 3. The van der Waals surface area contributed by atoms with Gasteiger partial charge >= 0.3 is 0 Å². The standard InChI is InChI=1S/C28H28ClN5O2S/c1-18-25(27(36)32-21-7-5-4-6-8-21)26(19-9-15-23(16-10-19)34(2)3)33-28(30-18)37-17-24(35)31-22-13-11-20(29)12-14-22/h4-16,26H,17H2,1-3H3,(H,30,33)(H,31,35)(H,32,36)/t26-/m1/s1. The lowest BCUT2D eigenvalue weighted by molar-refractivity contribution is -0.114. The van der Waals surface area contributed by atoms with E-state index in [2.05, 4.69) is 16.0 Å². The summed E-state index contributed by atoms with van der Waals surface area (Å²) in [5.41, 5.74) is 4.52. The minimum atomic E-state index is -0.525. The number of para-hydroxylation sites is 1. The molecule has 0 fully saturated rings. The molecule has 3 N–H and O–H groups in total. The molecule has 4 rings (SSSR count). The third-order valence-corrected chi connectivity index (χ3v) is 6.83. The minimum Gasteiger partial charge on any atom is -0.378 e. The summed E-state index contributed by atoms with van der Waals surface area (Å²) in [7, 11) is 3.95. The van der Waals surface area contributed by atoms with Gasteiger partial charge in [-0.1, -0.05) is 53.7 Å². The van der Waals surface area contributed by atoms with Gasteiger partial charge in [-0.05, 0) is 61.0 Å². The molecule has 0 spiro atoms. The lowest BCUT2D eigenvalue weighted by atomic mass is 9.95. The van der Waals surface area contributed by atoms with Gasteiger partial charge in [0, 0.05) is 41.9 Å². The number of hydrogen-bond acceptors (Lipinski definition) is 6. The van der Waals surface area contributed by atoms with Gasteiger partial charge in [-0.2, -0.15) is 0 Å². The highest BCUT2D eigenvalue weighted by atomic mass is 35.5. The summed E-state index contributed by atoms with van der Waals surface area (Å²) in [5, 5.41) is 10.2. The molecule has 3 aromatic carbocycles. The molecule has 0 saturated heterocycles. The number of carbonyl (C=O) groups is 2. The molecule has 0 aromatic heterocycles. The second kappa shape index (κ2) is 12.0. The zero-order chi connectivity index (χ0) is 26.4. The van der Waals surface area contributed by atoms with Crippen LogP contribution in [-0.4, -0.2) is 36.8 Å². The molecule has 2 amide bonds. The third-order valence-electron chi connectivity index (χ3n) is 5.69. The third kappa shape index (κ3) is 6.93. The maximum absolute atomic E-state index is 13.4. The molecule has 1 aliphatic heterocycles. The van der Waals surface area contributed by atoms with Crippen molar-refractivity contribution in [1.82, 2.24) is 5.32 Å². The van der Waals surface area contributed by atoms with Crippen molar-refractivity contribution in [2.24, 2.45) is 4.99 Å². The summed E-state index contributed by atoms with van der Waals surface area (Å²) in [6.07, 6.45) is 0. The van der Waals surface area contributed by atoms with Gasteiger partial charge in [0.25, 0.3) is 5.91 Å². The van der Waals surface area contributed by atoms with Crippen molar-refractivity contribution in [3.8, 4) is 0 Å². The maximum atomic E-state index is 13.4. The number of aliphatic imine (C=N–C) groups is 1. The number of rotatable bonds is 7. The van der Waals surface area contributed by atoms with E-state index < -0.39 is 6.04 Å². The smallest absolute Gasteiger partial charge is 0.255 e. The number of amidine groups is 1. The second-order valence-corrected chi connectivity index (χ2v) is 10.1. The first-order chi connectivity index (χ1) is 17.8. The number of carbonyl (C=O) groups excluding carboxylic acids is 2. The highest BCUT2D eigenvalue weighted by Crippen LogP contribution is 2.34. The topological polar surface area (TPSA) is 85.8 Å². The Morgan fingerprint density at radius 3 is 2.24 bits per heavy atom. The van der Waals surface area contributed by atoms with E-state index in [-0.39, 0.29) is 17.6 Å². The zero-order valence-corrected chi connectivity index (χ0v) is 22.4. The Kier molecular flexibility index (Phi) is 8.53. The highest BCUT2D eigenvalue weighted by molar-refractivity contribution is 8.14. The van der Waals surface area contributed by atoms with E-state index in [0.29, 0.717) is 32.8 Å². The van der Waals surface area contributed by atoms with Crippen LogP contribution in [0.4, 0.5) is 17.1 Å². The lowest BCUT2D eigenvalue weighted by Gasteiger charge is -2.26. The number of amides is 2. The molecule has 0 radical (unpaired) electrons. The number of halogens is 1. The molecule has 9 heteroatoms. The van der Waals surface area contributed by atoms with Crippen molar-refractivity contribution in [3.63, 3.8) is 0 Å². The van der Waals surface area contributed by atoms with Crippen LogP contribution in [0.1, 0.15) is 18.5 Å². The van der Waals surface area contributed by atoms with Crippen LogP contribution >= 0.6 is 23.4 Å². The van der Waals surface area contributed by atoms with E-state index in [0.717, 1.165) is 11.3 Å². The molecule has 0 bridgehead atoms. The number of thioether (sulfide) groups is 1. The van der Waals surface area contributed by atoms with Crippen molar-refractivity contribution in [3.05, 3.63) is 101 Å². The van der Waals surface area contributed by atoms with Gasteiger partial charge in [-0.3, -0.25) is 9.59 Å². The number of nitrogens with zero attached hydrogens (tertiary/aromatic N) is 2. The Morgan fingerprint density at radius 2 is 1.59 bits per heavy atom. The monoisotopic (exact) mass is 533 g/mol. The van der Waals surface area contributed by atoms with Crippen molar-refractivity contribution >= 4 is 57.4 Å². The summed E-state index contributed by atoms with van der Waals surface area (Å²) in [6.45, 7) is 1.85. The average molecular weight is 534 g/mol. The second-order valence-electron chi connectivity index (χ2n) is 8.65. The molecule has 3 aromatic rings. The van der Waals surface area contributed by atoms with Gasteiger partial charge in [0.2, 0.25) is 5.91 Å². The predicted octanol–water partition coefficient (Wildman–Crippen LogP) is 5.69. The van der Waals surface area contributed by atoms with E-state index in [1.54, 1.807) is 24.3 Å². The molecule has 1 atom stereocenters. The van der Waals surface area contributed by atoms with Gasteiger partial charge in [-0.25, -0.2) is 4.99 Å². The van der Waals surface area contributed by atoms with Crippen LogP contribution in [-0.2, 0) is 9.59 Å². The van der Waals surface area contributed by atoms with E-state index >= 15 is 0 Å². The molecule has 0 aliphatic carbocycles. The average Bonchev–Trinajstić information content (AvgIpc) is 2.89. The Balaban J connectivity index is 1.54. The first-order valence-corrected chi connectivity index (χ1v) is 13.0. The van der Waals surface area contributed by atoms with Gasteiger partial charge < -0.3 is 20.9 Å². The van der Waals surface area contributed by atoms with E-state index in [4.69, 9.17) is 16.6 Å². The van der Waals surface area contributed by atoms with E-state index in [1.165, 1.54) is 11.8 Å². The van der Waals surface area contributed by atoms with Gasteiger partial charge in [0.1, 0.15) is 6.04 Å². The summed E-state index contributed by atoms with van der Waals surface area (Å²) in [4.78, 5) is 32.8. The molecule has 0 unspecified atom stereocenters. The van der Waals surface area contributed by atoms with Gasteiger partial charge in [0.05, 0.1) is 11.3 Å². The number of nitrogens with one attached hydrogen (secondary N) is 3. The molecule has 37 heavy (non-hydrogen) atoms. The van der Waals surface area contributed by atoms with E-state index in [9.17, 15) is 9.59 Å². The first kappa shape index (κ1) is 26.3. The van der Waals surface area contributed by atoms with Crippen LogP contribution in [0.2, 0.25) is 5.02 Å². The molecule has 190 valence electrons. The lowest BCUT2D eigenvalue weighted by Crippen LogP contribution is -2.32. The molecule has 1 heterocycles. The Morgan fingerprint density at radius 1 is 0.946 bits per heavy atom. The zero-order valence-electron chi connectivity index (χ0n) is 20.8. The van der Waals surface area contributed by atoms with Crippen molar-refractivity contribution in [2.75, 3.05) is 35.4 Å². The number of anilines is 3. The quantitative estimate of drug-likeness (QED) is 0.363. The summed E-state index contributed by atoms with van der Waals surface area (Å²) < 4.78 is 0. The summed E-state index contributed by atoms with van der Waals surface area (Å²) in [6, 6.07) is 23.7. The SMILES string of the molecule is CC1=C(C(=O)Nc2ccccc2)[C@@H](c2ccc(N(C)C)cc2)N=C(SCC(=O)Nc2ccc(Cl)cc2)N1. The van der Waals surface area contributed by atoms with Crippen LogP contribution < -0.4 is 20.9 Å². The number of allylic oxidation sites excluding steroid dienone is 1. The molecular weight excluding hydrogens is 506 g/mol. The fraction of sp³-hybridized carbons (Fsp3) is 0.179. The molecular formula is C28H28ClN5O2S. The van der Waals surface area contributed by atoms with Gasteiger partial charge in [0.15, 0.2) is 5.17 Å². The van der Waals surface area contributed by atoms with Crippen LogP contribution in [0.25, 0.3) is 0 Å². The fourth-order valence-corrected chi connectivity index (χ4v) is 4.67. The minimum absolute atomic E-state index is 0.152. The fourth-order valence-electron chi connectivity index (χ4n) is 3.79. The first-order valence-electron chi connectivity index (χ1n) is 11.7. The van der Waals surface area contributed by atoms with Crippen molar-refractivity contribution < 1.29 is 9.59 Å².